The Morgan fingerprint density at radius 2 is 1.32 bits per heavy atom. The van der Waals surface area contributed by atoms with Gasteiger partial charge in [0.25, 0.3) is 0 Å². The molecule has 0 unspecified atom stereocenters. The van der Waals surface area contributed by atoms with Gasteiger partial charge in [0.1, 0.15) is 0 Å². The van der Waals surface area contributed by atoms with Crippen molar-refractivity contribution in [3.05, 3.63) is 0 Å². The lowest BCUT2D eigenvalue weighted by Gasteiger charge is -2.53. The van der Waals surface area contributed by atoms with E-state index in [2.05, 4.69) is 51.9 Å². The lowest BCUT2D eigenvalue weighted by atomic mass is 9.77. The van der Waals surface area contributed by atoms with Gasteiger partial charge in [-0.2, -0.15) is 0 Å². The van der Waals surface area contributed by atoms with Crippen molar-refractivity contribution >= 4 is 5.91 Å². The van der Waals surface area contributed by atoms with E-state index >= 15 is 0 Å². The van der Waals surface area contributed by atoms with Crippen LogP contribution in [0.4, 0.5) is 0 Å². The minimum atomic E-state index is 0.136. The molecule has 0 aromatic carbocycles. The minimum absolute atomic E-state index is 0.136. The largest absolute Gasteiger partial charge is 0.353 e. The van der Waals surface area contributed by atoms with Gasteiger partial charge in [-0.15, -0.1) is 0 Å². The summed E-state index contributed by atoms with van der Waals surface area (Å²) in [5, 5.41) is 3.31. The second kappa shape index (κ2) is 10.5. The molecule has 25 heavy (non-hydrogen) atoms. The van der Waals surface area contributed by atoms with Crippen LogP contribution >= 0.6 is 0 Å². The number of amides is 1. The number of nitrogens with one attached hydrogen (secondary N) is 1. The van der Waals surface area contributed by atoms with Gasteiger partial charge in [0.15, 0.2) is 0 Å². The Hall–Kier alpha value is -0.570. The topological polar surface area (TPSA) is 32.3 Å². The van der Waals surface area contributed by atoms with E-state index in [0.717, 1.165) is 19.3 Å². The molecule has 0 aromatic heterocycles. The van der Waals surface area contributed by atoms with E-state index in [1.54, 1.807) is 0 Å². The summed E-state index contributed by atoms with van der Waals surface area (Å²) in [6, 6.07) is 0.312. The van der Waals surface area contributed by atoms with Gasteiger partial charge in [0.05, 0.1) is 0 Å². The molecule has 1 N–H and O–H groups in total. The van der Waals surface area contributed by atoms with Crippen LogP contribution in [0.1, 0.15) is 112 Å². The molecule has 1 heterocycles. The van der Waals surface area contributed by atoms with Crippen LogP contribution in [0, 0.1) is 0 Å². The molecule has 1 amide bonds. The second-order valence-electron chi connectivity index (χ2n) is 9.43. The van der Waals surface area contributed by atoms with E-state index in [0.29, 0.717) is 12.5 Å². The van der Waals surface area contributed by atoms with Crippen LogP contribution in [-0.2, 0) is 4.79 Å². The van der Waals surface area contributed by atoms with Gasteiger partial charge in [-0.3, -0.25) is 9.69 Å². The highest BCUT2D eigenvalue weighted by Gasteiger charge is 2.43. The quantitative estimate of drug-likeness (QED) is 0.485. The second-order valence-corrected chi connectivity index (χ2v) is 9.43. The molecular formula is C22H44N2O. The van der Waals surface area contributed by atoms with Crippen molar-refractivity contribution < 1.29 is 4.79 Å². The molecule has 1 saturated heterocycles. The Balaban J connectivity index is 2.16. The van der Waals surface area contributed by atoms with E-state index in [-0.39, 0.29) is 17.0 Å². The van der Waals surface area contributed by atoms with E-state index in [4.69, 9.17) is 0 Å². The highest BCUT2D eigenvalue weighted by atomic mass is 16.1. The average Bonchev–Trinajstić information content (AvgIpc) is 2.50. The first-order chi connectivity index (χ1) is 11.7. The molecule has 3 heteroatoms. The first-order valence-corrected chi connectivity index (χ1v) is 10.7. The summed E-state index contributed by atoms with van der Waals surface area (Å²) in [5.74, 6) is 0.254. The summed E-state index contributed by atoms with van der Waals surface area (Å²) in [5.41, 5.74) is 0.273. The van der Waals surface area contributed by atoms with Crippen LogP contribution in [0.15, 0.2) is 0 Å². The number of nitrogens with zero attached hydrogens (tertiary/aromatic N) is 1. The van der Waals surface area contributed by atoms with Gasteiger partial charge >= 0.3 is 0 Å². The number of piperidine rings is 1. The smallest absolute Gasteiger partial charge is 0.220 e. The zero-order valence-electron chi connectivity index (χ0n) is 17.9. The van der Waals surface area contributed by atoms with E-state index in [1.807, 2.05) is 0 Å². The molecule has 1 aliphatic heterocycles. The van der Waals surface area contributed by atoms with Gasteiger partial charge in [-0.25, -0.2) is 0 Å². The van der Waals surface area contributed by atoms with Crippen molar-refractivity contribution in [2.45, 2.75) is 129 Å². The summed E-state index contributed by atoms with van der Waals surface area (Å²) in [4.78, 5) is 14.8. The third-order valence-electron chi connectivity index (χ3n) is 6.18. The Kier molecular flexibility index (Phi) is 9.48. The zero-order chi connectivity index (χ0) is 18.9. The molecule has 1 aliphatic rings. The Morgan fingerprint density at radius 3 is 1.80 bits per heavy atom. The van der Waals surface area contributed by atoms with Gasteiger partial charge < -0.3 is 5.32 Å². The number of hydrogen-bond acceptors (Lipinski definition) is 2. The molecule has 148 valence electrons. The zero-order valence-corrected chi connectivity index (χ0v) is 17.9. The van der Waals surface area contributed by atoms with Gasteiger partial charge in [-0.05, 0) is 54.0 Å². The molecule has 0 atom stereocenters. The Morgan fingerprint density at radius 1 is 0.880 bits per heavy atom. The van der Waals surface area contributed by atoms with E-state index in [9.17, 15) is 4.79 Å². The molecule has 0 aliphatic carbocycles. The molecule has 0 saturated carbocycles. The first kappa shape index (κ1) is 22.5. The van der Waals surface area contributed by atoms with Crippen molar-refractivity contribution in [3.63, 3.8) is 0 Å². The molecule has 1 fully saturated rings. The maximum atomic E-state index is 12.3. The van der Waals surface area contributed by atoms with Crippen molar-refractivity contribution in [2.75, 3.05) is 7.05 Å². The average molecular weight is 353 g/mol. The molecule has 1 rings (SSSR count). The van der Waals surface area contributed by atoms with Crippen LogP contribution in [0.5, 0.6) is 0 Å². The van der Waals surface area contributed by atoms with Gasteiger partial charge in [0.2, 0.25) is 5.91 Å². The molecule has 0 radical (unpaired) electrons. The van der Waals surface area contributed by atoms with E-state index < -0.39 is 0 Å². The van der Waals surface area contributed by atoms with Crippen LogP contribution < -0.4 is 5.32 Å². The molecule has 0 spiro atoms. The van der Waals surface area contributed by atoms with Crippen LogP contribution in [0.3, 0.4) is 0 Å². The third-order valence-corrected chi connectivity index (χ3v) is 6.18. The minimum Gasteiger partial charge on any atom is -0.353 e. The fourth-order valence-electron chi connectivity index (χ4n) is 4.37. The molecule has 0 bridgehead atoms. The van der Waals surface area contributed by atoms with E-state index in [1.165, 1.54) is 51.4 Å². The number of carbonyl (C=O) groups excluding carboxylic acids is 1. The predicted molar refractivity (Wildman–Crippen MR) is 109 cm³/mol. The van der Waals surface area contributed by atoms with Crippen LogP contribution in [-0.4, -0.2) is 35.0 Å². The summed E-state index contributed by atoms with van der Waals surface area (Å²) in [6.07, 6.45) is 14.5. The molecular weight excluding hydrogens is 308 g/mol. The monoisotopic (exact) mass is 352 g/mol. The summed E-state index contributed by atoms with van der Waals surface area (Å²) < 4.78 is 0. The van der Waals surface area contributed by atoms with Crippen molar-refractivity contribution in [1.29, 1.82) is 0 Å². The van der Waals surface area contributed by atoms with Crippen molar-refractivity contribution in [2.24, 2.45) is 0 Å². The number of likely N-dealkylation sites (tertiary alicyclic amines) is 1. The third kappa shape index (κ3) is 8.11. The predicted octanol–water partition coefficient (Wildman–Crippen LogP) is 5.67. The Labute approximate surface area is 157 Å². The van der Waals surface area contributed by atoms with Crippen molar-refractivity contribution in [1.82, 2.24) is 10.2 Å². The lowest BCUT2D eigenvalue weighted by Crippen LogP contribution is -2.62. The Bertz CT molecular complexity index is 371. The van der Waals surface area contributed by atoms with Crippen LogP contribution in [0.25, 0.3) is 0 Å². The SMILES string of the molecule is CCCCCCCCCCCC(=O)NC1CC(C)(C)N(C)C(C)(C)C1. The highest BCUT2D eigenvalue weighted by molar-refractivity contribution is 5.76. The maximum Gasteiger partial charge on any atom is 0.220 e. The number of unbranched alkanes of at least 4 members (excludes halogenated alkanes) is 8. The van der Waals surface area contributed by atoms with Gasteiger partial charge in [0, 0.05) is 23.5 Å². The highest BCUT2D eigenvalue weighted by Crippen LogP contribution is 2.36. The van der Waals surface area contributed by atoms with Crippen molar-refractivity contribution in [3.8, 4) is 0 Å². The van der Waals surface area contributed by atoms with Crippen LogP contribution in [0.2, 0.25) is 0 Å². The standard InChI is InChI=1S/C22H44N2O/c1-7-8-9-10-11-12-13-14-15-16-20(25)23-19-17-21(2,3)24(6)22(4,5)18-19/h19H,7-18H2,1-6H3,(H,23,25). The fourth-order valence-corrected chi connectivity index (χ4v) is 4.37. The van der Waals surface area contributed by atoms with Gasteiger partial charge in [-0.1, -0.05) is 58.3 Å². The molecule has 0 aromatic rings. The first-order valence-electron chi connectivity index (χ1n) is 10.7. The maximum absolute atomic E-state index is 12.3. The number of carbonyl (C=O) groups is 1. The summed E-state index contributed by atoms with van der Waals surface area (Å²) >= 11 is 0. The number of hydrogen-bond donors (Lipinski definition) is 1. The molecule has 3 nitrogen and oxygen atoms in total. The fraction of sp³-hybridized carbons (Fsp3) is 0.955. The normalized spacial score (nSPS) is 20.6. The lowest BCUT2D eigenvalue weighted by molar-refractivity contribution is -0.123. The number of rotatable bonds is 11. The summed E-state index contributed by atoms with van der Waals surface area (Å²) in [7, 11) is 2.21. The summed E-state index contributed by atoms with van der Waals surface area (Å²) in [6.45, 7) is 11.4.